The number of rotatable bonds is 7. The molecule has 15 heteroatoms. The fraction of sp³-hybridized carbons (Fsp3) is 0.588. The fourth-order valence-electron chi connectivity index (χ4n) is 3.74. The van der Waals surface area contributed by atoms with Gasteiger partial charge in [0.05, 0.1) is 26.7 Å². The number of nitrogens with two attached hydrogens (primary N) is 1. The first-order chi connectivity index (χ1) is 15.2. The number of fused-ring (bicyclic) bond motifs is 2. The van der Waals surface area contributed by atoms with Crippen molar-refractivity contribution in [3.63, 3.8) is 0 Å². The van der Waals surface area contributed by atoms with Crippen molar-refractivity contribution < 1.29 is 32.6 Å². The molecule has 0 bridgehead atoms. The Morgan fingerprint density at radius 2 is 2.31 bits per heavy atom. The Morgan fingerprint density at radius 3 is 3.00 bits per heavy atom. The molecule has 0 spiro atoms. The predicted octanol–water partition coefficient (Wildman–Crippen LogP) is 0.450. The number of carbonyl (C=O) groups is 1. The zero-order valence-corrected chi connectivity index (χ0v) is 18.7. The average Bonchev–Trinajstić information content (AvgIpc) is 3.31. The smallest absolute Gasteiger partial charge is 0.406 e. The zero-order chi connectivity index (χ0) is 23.1. The van der Waals surface area contributed by atoms with Gasteiger partial charge in [-0.15, -0.1) is 0 Å². The van der Waals surface area contributed by atoms with Crippen LogP contribution in [0.25, 0.3) is 11.2 Å². The molecular weight excluding hydrogens is 445 g/mol. The molecule has 5 atom stereocenters. The Hall–Kier alpha value is -2.64. The van der Waals surface area contributed by atoms with Gasteiger partial charge in [0.2, 0.25) is 11.8 Å². The standard InChI is InChI=1S/C17H24N7O7P/c1-5-28-10(25)6-21-32(26)29-7-9-12(31-32)17(2,19-3)15(30-9)24-8-20-11-13(24)22-16(18)23-14(11)27-4/h8-9,12,15H,3,5-7H2,1-2,4H3,(H,21,26)(H2,18,22,23)/t9-,12-,15-,17-,32?/m1/s1. The molecule has 4 rings (SSSR count). The van der Waals surface area contributed by atoms with Crippen molar-refractivity contribution >= 4 is 37.5 Å². The molecule has 14 nitrogen and oxygen atoms in total. The minimum atomic E-state index is -3.84. The van der Waals surface area contributed by atoms with Crippen molar-refractivity contribution in [2.75, 3.05) is 32.6 Å². The Kier molecular flexibility index (Phi) is 5.90. The highest BCUT2D eigenvalue weighted by Gasteiger charge is 2.60. The van der Waals surface area contributed by atoms with Gasteiger partial charge in [-0.05, 0) is 20.6 Å². The number of hydrogen-bond acceptors (Lipinski definition) is 12. The SMILES string of the molecule is C=N[C@]1(C)[C@@H]2OP(=O)(NCC(=O)OCC)OC[C@H]2O[C@H]1n1cnc2c(OC)nc(N)nc21. The minimum Gasteiger partial charge on any atom is -0.479 e. The molecule has 2 aliphatic rings. The lowest BCUT2D eigenvalue weighted by Gasteiger charge is -2.36. The molecule has 2 fully saturated rings. The van der Waals surface area contributed by atoms with Crippen LogP contribution in [-0.2, 0) is 27.9 Å². The number of esters is 1. The minimum absolute atomic E-state index is 0.00738. The summed E-state index contributed by atoms with van der Waals surface area (Å²) in [4.78, 5) is 28.5. The molecule has 4 heterocycles. The van der Waals surface area contributed by atoms with Gasteiger partial charge in [-0.3, -0.25) is 23.4 Å². The maximum Gasteiger partial charge on any atom is 0.406 e. The Balaban J connectivity index is 1.64. The van der Waals surface area contributed by atoms with Crippen LogP contribution < -0.4 is 15.6 Å². The number of hydrogen-bond donors (Lipinski definition) is 2. The van der Waals surface area contributed by atoms with E-state index >= 15 is 0 Å². The van der Waals surface area contributed by atoms with Crippen LogP contribution in [0.3, 0.4) is 0 Å². The van der Waals surface area contributed by atoms with Crippen molar-refractivity contribution in [2.24, 2.45) is 4.99 Å². The van der Waals surface area contributed by atoms with E-state index < -0.39 is 37.7 Å². The third-order valence-corrected chi connectivity index (χ3v) is 6.83. The first-order valence-corrected chi connectivity index (χ1v) is 11.3. The van der Waals surface area contributed by atoms with Crippen molar-refractivity contribution in [1.29, 1.82) is 0 Å². The van der Waals surface area contributed by atoms with Gasteiger partial charge in [0.1, 0.15) is 24.3 Å². The van der Waals surface area contributed by atoms with Crippen molar-refractivity contribution in [1.82, 2.24) is 24.6 Å². The third kappa shape index (κ3) is 3.73. The molecule has 2 saturated heterocycles. The first kappa shape index (κ1) is 22.6. The third-order valence-electron chi connectivity index (χ3n) is 5.29. The van der Waals surface area contributed by atoms with E-state index in [4.69, 9.17) is 29.0 Å². The lowest BCUT2D eigenvalue weighted by molar-refractivity contribution is -0.141. The first-order valence-electron chi connectivity index (χ1n) is 9.75. The monoisotopic (exact) mass is 469 g/mol. The zero-order valence-electron chi connectivity index (χ0n) is 17.8. The summed E-state index contributed by atoms with van der Waals surface area (Å²) in [6.07, 6.45) is -0.732. The van der Waals surface area contributed by atoms with Crippen molar-refractivity contribution in [3.05, 3.63) is 6.33 Å². The Morgan fingerprint density at radius 1 is 1.53 bits per heavy atom. The molecule has 174 valence electrons. The van der Waals surface area contributed by atoms with E-state index in [0.717, 1.165) is 0 Å². The van der Waals surface area contributed by atoms with Crippen LogP contribution >= 0.6 is 7.75 Å². The molecule has 0 amide bonds. The molecule has 1 unspecified atom stereocenters. The number of nitrogens with one attached hydrogen (secondary N) is 1. The maximum absolute atomic E-state index is 13.1. The van der Waals surface area contributed by atoms with Crippen LogP contribution in [0, 0.1) is 0 Å². The topological polar surface area (TPSA) is 174 Å². The fourth-order valence-corrected chi connectivity index (χ4v) is 5.28. The Labute approximate surface area is 183 Å². The molecule has 32 heavy (non-hydrogen) atoms. The Bertz CT molecular complexity index is 1090. The van der Waals surface area contributed by atoms with Crippen LogP contribution in [0.4, 0.5) is 5.95 Å². The summed E-state index contributed by atoms with van der Waals surface area (Å²) in [7, 11) is -2.39. The summed E-state index contributed by atoms with van der Waals surface area (Å²) in [6, 6.07) is 0. The molecular formula is C17H24N7O7P. The van der Waals surface area contributed by atoms with E-state index in [1.54, 1.807) is 18.4 Å². The number of anilines is 1. The number of imidazole rings is 1. The molecule has 0 saturated carbocycles. The predicted molar refractivity (Wildman–Crippen MR) is 111 cm³/mol. The number of aliphatic imine (C=N–C) groups is 1. The summed E-state index contributed by atoms with van der Waals surface area (Å²) in [6.45, 7) is 6.90. The number of ether oxygens (including phenoxy) is 3. The summed E-state index contributed by atoms with van der Waals surface area (Å²) >= 11 is 0. The van der Waals surface area contributed by atoms with E-state index in [0.29, 0.717) is 11.2 Å². The van der Waals surface area contributed by atoms with Crippen LogP contribution in [0.5, 0.6) is 5.88 Å². The molecule has 3 N–H and O–H groups in total. The number of carbonyl (C=O) groups excluding carboxylic acids is 1. The summed E-state index contributed by atoms with van der Waals surface area (Å²) in [5, 5.41) is 2.50. The molecule has 0 aromatic carbocycles. The molecule has 0 radical (unpaired) electrons. The van der Waals surface area contributed by atoms with E-state index in [2.05, 4.69) is 31.7 Å². The lowest BCUT2D eigenvalue weighted by Crippen LogP contribution is -2.47. The molecule has 0 aliphatic carbocycles. The van der Waals surface area contributed by atoms with E-state index in [1.165, 1.54) is 13.4 Å². The van der Waals surface area contributed by atoms with E-state index in [9.17, 15) is 9.36 Å². The van der Waals surface area contributed by atoms with Crippen LogP contribution in [-0.4, -0.2) is 76.8 Å². The van der Waals surface area contributed by atoms with Crippen LogP contribution in [0.1, 0.15) is 20.1 Å². The van der Waals surface area contributed by atoms with Crippen molar-refractivity contribution in [2.45, 2.75) is 37.8 Å². The molecule has 2 aromatic heterocycles. The number of nitrogens with zero attached hydrogens (tertiary/aromatic N) is 5. The van der Waals surface area contributed by atoms with Gasteiger partial charge < -0.3 is 19.9 Å². The van der Waals surface area contributed by atoms with Gasteiger partial charge in [-0.1, -0.05) is 0 Å². The van der Waals surface area contributed by atoms with Gasteiger partial charge in [0.25, 0.3) is 0 Å². The average molecular weight is 469 g/mol. The van der Waals surface area contributed by atoms with Gasteiger partial charge >= 0.3 is 13.7 Å². The number of aromatic nitrogens is 4. The summed E-state index contributed by atoms with van der Waals surface area (Å²) < 4.78 is 42.1. The highest BCUT2D eigenvalue weighted by atomic mass is 31.2. The lowest BCUT2D eigenvalue weighted by atomic mass is 9.93. The second-order valence-corrected chi connectivity index (χ2v) is 9.07. The van der Waals surface area contributed by atoms with Crippen molar-refractivity contribution in [3.8, 4) is 5.88 Å². The quantitative estimate of drug-likeness (QED) is 0.326. The number of methoxy groups -OCH3 is 1. The van der Waals surface area contributed by atoms with Gasteiger partial charge in [0.15, 0.2) is 17.4 Å². The molecule has 2 aliphatic heterocycles. The number of nitrogen functional groups attached to an aromatic ring is 1. The summed E-state index contributed by atoms with van der Waals surface area (Å²) in [5.41, 5.74) is 5.44. The van der Waals surface area contributed by atoms with Gasteiger partial charge in [0, 0.05) is 0 Å². The van der Waals surface area contributed by atoms with Crippen LogP contribution in [0.15, 0.2) is 11.3 Å². The summed E-state index contributed by atoms with van der Waals surface area (Å²) in [5.74, 6) is -0.382. The van der Waals surface area contributed by atoms with E-state index in [1.807, 2.05) is 0 Å². The second kappa shape index (κ2) is 8.37. The van der Waals surface area contributed by atoms with Gasteiger partial charge in [-0.25, -0.2) is 14.6 Å². The van der Waals surface area contributed by atoms with Crippen LogP contribution in [0.2, 0.25) is 0 Å². The van der Waals surface area contributed by atoms with E-state index in [-0.39, 0.29) is 31.6 Å². The normalized spacial score (nSPS) is 31.9. The maximum atomic E-state index is 13.1. The second-order valence-electron chi connectivity index (χ2n) is 7.29. The van der Waals surface area contributed by atoms with Gasteiger partial charge in [-0.2, -0.15) is 9.97 Å². The highest BCUT2D eigenvalue weighted by molar-refractivity contribution is 7.51. The largest absolute Gasteiger partial charge is 0.479 e. The highest BCUT2D eigenvalue weighted by Crippen LogP contribution is 2.56. The molecule has 2 aromatic rings.